The molecule has 3 fully saturated rings. The molecule has 1 unspecified atom stereocenters. The first kappa shape index (κ1) is 19.1. The van der Waals surface area contributed by atoms with E-state index in [2.05, 4.69) is 42.8 Å². The third-order valence-corrected chi connectivity index (χ3v) is 7.28. The van der Waals surface area contributed by atoms with E-state index in [1.54, 1.807) is 0 Å². The van der Waals surface area contributed by atoms with Crippen molar-refractivity contribution in [2.24, 2.45) is 11.8 Å². The number of amides is 1. The lowest BCUT2D eigenvalue weighted by molar-refractivity contribution is 0.0946. The molecule has 7 rings (SSSR count). The number of aromatic amines is 2. The lowest BCUT2D eigenvalue weighted by atomic mass is 10.1. The van der Waals surface area contributed by atoms with Gasteiger partial charge in [0.05, 0.1) is 29.8 Å². The van der Waals surface area contributed by atoms with Crippen molar-refractivity contribution >= 4 is 33.5 Å². The molecule has 168 valence electrons. The molecule has 9 heteroatoms. The van der Waals surface area contributed by atoms with Crippen molar-refractivity contribution < 1.29 is 9.53 Å². The van der Waals surface area contributed by atoms with Crippen molar-refractivity contribution in [2.45, 2.75) is 6.04 Å². The van der Waals surface area contributed by atoms with E-state index in [-0.39, 0.29) is 5.91 Å². The molecule has 9 nitrogen and oxygen atoms in total. The predicted octanol–water partition coefficient (Wildman–Crippen LogP) is 1.89. The monoisotopic (exact) mass is 443 g/mol. The Balaban J connectivity index is 1.19. The maximum Gasteiger partial charge on any atom is 0.251 e. The summed E-state index contributed by atoms with van der Waals surface area (Å²) in [5, 5.41) is 15.0. The minimum absolute atomic E-state index is 0.0248. The highest BCUT2D eigenvalue weighted by Crippen LogP contribution is 2.41. The highest BCUT2D eigenvalue weighted by atomic mass is 16.5. The van der Waals surface area contributed by atoms with Gasteiger partial charge in [0, 0.05) is 48.9 Å². The number of carbonyl (C=O) groups is 1. The van der Waals surface area contributed by atoms with Crippen molar-refractivity contribution in [3.8, 4) is 11.5 Å². The van der Waals surface area contributed by atoms with Crippen LogP contribution in [0.5, 0.6) is 0 Å². The average molecular weight is 444 g/mol. The van der Waals surface area contributed by atoms with Crippen LogP contribution >= 0.6 is 0 Å². The van der Waals surface area contributed by atoms with Crippen LogP contribution < -0.4 is 15.5 Å². The molecule has 3 atom stereocenters. The second-order valence-corrected chi connectivity index (χ2v) is 9.20. The molecular weight excluding hydrogens is 418 g/mol. The molecule has 1 saturated carbocycles. The Hall–Kier alpha value is -3.43. The Bertz CT molecular complexity index is 1360. The fourth-order valence-corrected chi connectivity index (χ4v) is 5.33. The number of ether oxygens (including phenoxy) is 1. The maximum atomic E-state index is 12.9. The van der Waals surface area contributed by atoms with Gasteiger partial charge < -0.3 is 25.3 Å². The van der Waals surface area contributed by atoms with Gasteiger partial charge in [-0.25, -0.2) is 4.98 Å². The summed E-state index contributed by atoms with van der Waals surface area (Å²) in [4.78, 5) is 23.4. The summed E-state index contributed by atoms with van der Waals surface area (Å²) >= 11 is 0. The highest BCUT2D eigenvalue weighted by molar-refractivity contribution is 6.01. The molecular formula is C24H25N7O2. The Morgan fingerprint density at radius 1 is 1.06 bits per heavy atom. The SMILES string of the molecule is O=C(NC1[C@H]2CNC[C@@H]12)c1ccc2[nH]nc(-c3nc4ccc(N5CCOCC5)cc4[nH]3)c2c1. The first-order chi connectivity index (χ1) is 16.2. The second kappa shape index (κ2) is 7.29. The van der Waals surface area contributed by atoms with Gasteiger partial charge in [-0.1, -0.05) is 0 Å². The van der Waals surface area contributed by atoms with Gasteiger partial charge in [-0.3, -0.25) is 9.89 Å². The summed E-state index contributed by atoms with van der Waals surface area (Å²) in [7, 11) is 0. The zero-order valence-corrected chi connectivity index (χ0v) is 18.1. The largest absolute Gasteiger partial charge is 0.378 e. The fraction of sp³-hybridized carbons (Fsp3) is 0.375. The zero-order valence-electron chi connectivity index (χ0n) is 18.1. The third kappa shape index (κ3) is 3.19. The lowest BCUT2D eigenvalue weighted by Gasteiger charge is -2.28. The van der Waals surface area contributed by atoms with Crippen LogP contribution in [0.3, 0.4) is 0 Å². The molecule has 2 aromatic carbocycles. The highest BCUT2D eigenvalue weighted by Gasteiger charge is 2.53. The molecule has 2 aliphatic heterocycles. The van der Waals surface area contributed by atoms with Crippen LogP contribution in [0.2, 0.25) is 0 Å². The normalized spacial score (nSPS) is 24.4. The van der Waals surface area contributed by atoms with Crippen LogP contribution in [-0.2, 0) is 4.74 Å². The van der Waals surface area contributed by atoms with Crippen molar-refractivity contribution in [3.05, 3.63) is 42.0 Å². The van der Waals surface area contributed by atoms with E-state index in [0.29, 0.717) is 29.3 Å². The number of nitrogens with zero attached hydrogens (tertiary/aromatic N) is 3. The summed E-state index contributed by atoms with van der Waals surface area (Å²) in [6.07, 6.45) is 0. The number of benzene rings is 2. The summed E-state index contributed by atoms with van der Waals surface area (Å²) in [6.45, 7) is 5.28. The lowest BCUT2D eigenvalue weighted by Crippen LogP contribution is -2.36. The molecule has 1 amide bonds. The Morgan fingerprint density at radius 3 is 2.76 bits per heavy atom. The van der Waals surface area contributed by atoms with Gasteiger partial charge >= 0.3 is 0 Å². The fourth-order valence-electron chi connectivity index (χ4n) is 5.33. The van der Waals surface area contributed by atoms with Gasteiger partial charge in [0.15, 0.2) is 5.82 Å². The van der Waals surface area contributed by atoms with Gasteiger partial charge in [-0.2, -0.15) is 5.10 Å². The number of morpholine rings is 1. The van der Waals surface area contributed by atoms with E-state index >= 15 is 0 Å². The predicted molar refractivity (Wildman–Crippen MR) is 125 cm³/mol. The first-order valence-electron chi connectivity index (χ1n) is 11.6. The van der Waals surface area contributed by atoms with Crippen LogP contribution in [0.15, 0.2) is 36.4 Å². The summed E-state index contributed by atoms with van der Waals surface area (Å²) < 4.78 is 5.47. The Morgan fingerprint density at radius 2 is 1.91 bits per heavy atom. The summed E-state index contributed by atoms with van der Waals surface area (Å²) in [5.74, 6) is 1.83. The van der Waals surface area contributed by atoms with E-state index in [1.807, 2.05) is 24.3 Å². The molecule has 4 heterocycles. The third-order valence-electron chi connectivity index (χ3n) is 7.28. The number of rotatable bonds is 4. The molecule has 0 bridgehead atoms. The van der Waals surface area contributed by atoms with Crippen molar-refractivity contribution in [1.82, 2.24) is 30.8 Å². The van der Waals surface area contributed by atoms with E-state index in [9.17, 15) is 4.79 Å². The molecule has 2 saturated heterocycles. The van der Waals surface area contributed by atoms with Crippen LogP contribution in [-0.4, -0.2) is 71.5 Å². The van der Waals surface area contributed by atoms with Crippen LogP contribution in [0.4, 0.5) is 5.69 Å². The topological polar surface area (TPSA) is 111 Å². The van der Waals surface area contributed by atoms with Crippen LogP contribution in [0.1, 0.15) is 10.4 Å². The number of hydrogen-bond acceptors (Lipinski definition) is 6. The zero-order chi connectivity index (χ0) is 21.9. The maximum absolute atomic E-state index is 12.9. The number of aromatic nitrogens is 4. The van der Waals surface area contributed by atoms with Crippen molar-refractivity contribution in [1.29, 1.82) is 0 Å². The molecule has 4 N–H and O–H groups in total. The van der Waals surface area contributed by atoms with E-state index in [0.717, 1.165) is 72.7 Å². The summed E-state index contributed by atoms with van der Waals surface area (Å²) in [5.41, 5.74) is 5.26. The van der Waals surface area contributed by atoms with Gasteiger partial charge in [-0.05, 0) is 48.2 Å². The summed E-state index contributed by atoms with van der Waals surface area (Å²) in [6, 6.07) is 12.2. The Kier molecular flexibility index (Phi) is 4.22. The van der Waals surface area contributed by atoms with E-state index < -0.39 is 0 Å². The quantitative estimate of drug-likeness (QED) is 0.383. The molecule has 2 aromatic heterocycles. The minimum Gasteiger partial charge on any atom is -0.378 e. The number of nitrogens with one attached hydrogen (secondary N) is 4. The number of hydrogen-bond donors (Lipinski definition) is 4. The van der Waals surface area contributed by atoms with Crippen molar-refractivity contribution in [3.63, 3.8) is 0 Å². The standard InChI is InChI=1S/C24H25N7O2/c32-24(28-21-16-11-25-12-17(16)21)13-1-3-18-15(9-13)22(30-29-18)23-26-19-4-2-14(10-20(19)27-23)31-5-7-33-8-6-31/h1-4,9-10,16-17,21,25H,5-8,11-12H2,(H,26,27)(H,28,32)(H,29,30)/t16-,17+,21?. The van der Waals surface area contributed by atoms with Gasteiger partial charge in [-0.15, -0.1) is 0 Å². The number of carbonyl (C=O) groups excluding carboxylic acids is 1. The van der Waals surface area contributed by atoms with E-state index in [4.69, 9.17) is 9.72 Å². The molecule has 0 spiro atoms. The number of H-pyrrole nitrogens is 2. The first-order valence-corrected chi connectivity index (χ1v) is 11.6. The molecule has 4 aromatic rings. The molecule has 0 radical (unpaired) electrons. The van der Waals surface area contributed by atoms with Crippen LogP contribution in [0.25, 0.3) is 33.5 Å². The number of fused-ring (bicyclic) bond motifs is 3. The molecule has 1 aliphatic carbocycles. The average Bonchev–Trinajstić information content (AvgIpc) is 3.31. The van der Waals surface area contributed by atoms with Gasteiger partial charge in [0.2, 0.25) is 0 Å². The van der Waals surface area contributed by atoms with Gasteiger partial charge in [0.1, 0.15) is 5.69 Å². The molecule has 3 aliphatic rings. The number of imidazole rings is 1. The minimum atomic E-state index is -0.0248. The van der Waals surface area contributed by atoms with Crippen LogP contribution in [0, 0.1) is 11.8 Å². The number of piperidine rings is 1. The van der Waals surface area contributed by atoms with Gasteiger partial charge in [0.25, 0.3) is 5.91 Å². The smallest absolute Gasteiger partial charge is 0.251 e. The van der Waals surface area contributed by atoms with E-state index in [1.165, 1.54) is 0 Å². The molecule has 33 heavy (non-hydrogen) atoms. The Labute approximate surface area is 189 Å². The second-order valence-electron chi connectivity index (χ2n) is 9.20. The number of anilines is 1. The van der Waals surface area contributed by atoms with Crippen molar-refractivity contribution in [2.75, 3.05) is 44.3 Å².